The highest BCUT2D eigenvalue weighted by Gasteiger charge is 2.11. The predicted octanol–water partition coefficient (Wildman–Crippen LogP) is 1.01. The Balaban J connectivity index is 2.24. The summed E-state index contributed by atoms with van der Waals surface area (Å²) in [5.41, 5.74) is 7.72. The Morgan fingerprint density at radius 3 is 3.00 bits per heavy atom. The van der Waals surface area contributed by atoms with Crippen molar-refractivity contribution in [2.24, 2.45) is 5.73 Å². The van der Waals surface area contributed by atoms with E-state index in [2.05, 4.69) is 15.3 Å². The molecule has 0 aromatic carbocycles. The van der Waals surface area contributed by atoms with E-state index in [4.69, 9.17) is 18.0 Å². The maximum Gasteiger partial charge on any atom is 0.229 e. The number of fused-ring (bicyclic) bond motifs is 1. The van der Waals surface area contributed by atoms with Crippen LogP contribution in [0.25, 0.3) is 0 Å². The SMILES string of the molecule is NC(=S)Nc1ncc2c(n1)CCCC2. The first-order valence-corrected chi connectivity index (χ1v) is 5.08. The number of nitrogens with one attached hydrogen (secondary N) is 1. The molecule has 5 heteroatoms. The van der Waals surface area contributed by atoms with E-state index in [1.54, 1.807) is 0 Å². The number of aromatic nitrogens is 2. The van der Waals surface area contributed by atoms with E-state index in [-0.39, 0.29) is 5.11 Å². The molecule has 0 spiro atoms. The lowest BCUT2D eigenvalue weighted by Crippen LogP contribution is -2.21. The molecule has 1 aliphatic rings. The minimum absolute atomic E-state index is 0.209. The Hall–Kier alpha value is -1.23. The quantitative estimate of drug-likeness (QED) is 0.674. The molecule has 3 N–H and O–H groups in total. The van der Waals surface area contributed by atoms with Crippen molar-refractivity contribution in [3.05, 3.63) is 17.5 Å². The van der Waals surface area contributed by atoms with E-state index >= 15 is 0 Å². The lowest BCUT2D eigenvalue weighted by atomic mass is 9.98. The van der Waals surface area contributed by atoms with Crippen LogP contribution in [0.2, 0.25) is 0 Å². The van der Waals surface area contributed by atoms with E-state index in [9.17, 15) is 0 Å². The van der Waals surface area contributed by atoms with Crippen LogP contribution in [0, 0.1) is 0 Å². The molecule has 74 valence electrons. The Labute approximate surface area is 87.9 Å². The van der Waals surface area contributed by atoms with Crippen LogP contribution in [-0.4, -0.2) is 15.1 Å². The van der Waals surface area contributed by atoms with Crippen molar-refractivity contribution < 1.29 is 0 Å². The van der Waals surface area contributed by atoms with Crippen molar-refractivity contribution in [1.82, 2.24) is 9.97 Å². The first kappa shape index (κ1) is 9.33. The third kappa shape index (κ3) is 1.98. The summed E-state index contributed by atoms with van der Waals surface area (Å²) in [4.78, 5) is 8.51. The molecule has 14 heavy (non-hydrogen) atoms. The van der Waals surface area contributed by atoms with E-state index in [1.165, 1.54) is 18.4 Å². The number of thiocarbonyl (C=S) groups is 1. The third-order valence-electron chi connectivity index (χ3n) is 2.30. The van der Waals surface area contributed by atoms with E-state index < -0.39 is 0 Å². The molecular formula is C9H12N4S. The summed E-state index contributed by atoms with van der Waals surface area (Å²) in [7, 11) is 0. The zero-order valence-corrected chi connectivity index (χ0v) is 8.60. The highest BCUT2D eigenvalue weighted by molar-refractivity contribution is 7.80. The summed E-state index contributed by atoms with van der Waals surface area (Å²) in [5.74, 6) is 0.512. The summed E-state index contributed by atoms with van der Waals surface area (Å²) in [6.45, 7) is 0. The van der Waals surface area contributed by atoms with Crippen molar-refractivity contribution in [1.29, 1.82) is 0 Å². The molecule has 0 bridgehead atoms. The van der Waals surface area contributed by atoms with Crippen LogP contribution < -0.4 is 11.1 Å². The van der Waals surface area contributed by atoms with Gasteiger partial charge in [-0.2, -0.15) is 0 Å². The largest absolute Gasteiger partial charge is 0.376 e. The topological polar surface area (TPSA) is 63.8 Å². The van der Waals surface area contributed by atoms with Crippen LogP contribution in [0.4, 0.5) is 5.95 Å². The zero-order valence-electron chi connectivity index (χ0n) is 7.79. The summed E-state index contributed by atoms with van der Waals surface area (Å²) >= 11 is 4.72. The molecule has 0 amide bonds. The number of rotatable bonds is 1. The number of aryl methyl sites for hydroxylation is 2. The van der Waals surface area contributed by atoms with Crippen molar-refractivity contribution in [3.8, 4) is 0 Å². The Kier molecular flexibility index (Phi) is 2.58. The van der Waals surface area contributed by atoms with Gasteiger partial charge in [-0.15, -0.1) is 0 Å². The number of nitrogens with two attached hydrogens (primary N) is 1. The van der Waals surface area contributed by atoms with Gasteiger partial charge in [0.05, 0.1) is 0 Å². The Morgan fingerprint density at radius 2 is 2.21 bits per heavy atom. The highest BCUT2D eigenvalue weighted by atomic mass is 32.1. The number of hydrogen-bond donors (Lipinski definition) is 2. The molecule has 0 saturated carbocycles. The number of anilines is 1. The average molecular weight is 208 g/mol. The maximum atomic E-state index is 5.34. The second-order valence-electron chi connectivity index (χ2n) is 3.36. The molecule has 0 atom stereocenters. The van der Waals surface area contributed by atoms with Gasteiger partial charge in [0.25, 0.3) is 0 Å². The molecule has 0 aliphatic heterocycles. The molecule has 0 radical (unpaired) electrons. The maximum absolute atomic E-state index is 5.34. The molecule has 1 heterocycles. The van der Waals surface area contributed by atoms with Gasteiger partial charge in [0.1, 0.15) is 0 Å². The second kappa shape index (κ2) is 3.88. The molecular weight excluding hydrogens is 196 g/mol. The van der Waals surface area contributed by atoms with Gasteiger partial charge in [0.15, 0.2) is 5.11 Å². The van der Waals surface area contributed by atoms with Crippen LogP contribution in [0.3, 0.4) is 0 Å². The lowest BCUT2D eigenvalue weighted by molar-refractivity contribution is 0.664. The van der Waals surface area contributed by atoms with Crippen LogP contribution in [0.1, 0.15) is 24.1 Å². The summed E-state index contributed by atoms with van der Waals surface area (Å²) < 4.78 is 0. The van der Waals surface area contributed by atoms with Crippen molar-refractivity contribution in [2.45, 2.75) is 25.7 Å². The molecule has 0 unspecified atom stereocenters. The fourth-order valence-corrected chi connectivity index (χ4v) is 1.74. The number of hydrogen-bond acceptors (Lipinski definition) is 3. The molecule has 4 nitrogen and oxygen atoms in total. The fourth-order valence-electron chi connectivity index (χ4n) is 1.65. The van der Waals surface area contributed by atoms with Gasteiger partial charge >= 0.3 is 0 Å². The first-order valence-electron chi connectivity index (χ1n) is 4.67. The van der Waals surface area contributed by atoms with Gasteiger partial charge in [0, 0.05) is 11.9 Å². The van der Waals surface area contributed by atoms with E-state index in [0.29, 0.717) is 5.95 Å². The van der Waals surface area contributed by atoms with Gasteiger partial charge in [-0.05, 0) is 43.5 Å². The molecule has 1 aromatic rings. The van der Waals surface area contributed by atoms with Crippen LogP contribution in [0.15, 0.2) is 6.20 Å². The van der Waals surface area contributed by atoms with Gasteiger partial charge < -0.3 is 11.1 Å². The molecule has 0 saturated heterocycles. The third-order valence-corrected chi connectivity index (χ3v) is 2.40. The fraction of sp³-hybridized carbons (Fsp3) is 0.444. The second-order valence-corrected chi connectivity index (χ2v) is 3.80. The predicted molar refractivity (Wildman–Crippen MR) is 59.1 cm³/mol. The van der Waals surface area contributed by atoms with E-state index in [0.717, 1.165) is 18.5 Å². The van der Waals surface area contributed by atoms with Crippen molar-refractivity contribution in [3.63, 3.8) is 0 Å². The molecule has 1 aliphatic carbocycles. The van der Waals surface area contributed by atoms with Crippen LogP contribution >= 0.6 is 12.2 Å². The highest BCUT2D eigenvalue weighted by Crippen LogP contribution is 2.19. The summed E-state index contributed by atoms with van der Waals surface area (Å²) in [6, 6.07) is 0. The zero-order chi connectivity index (χ0) is 9.97. The smallest absolute Gasteiger partial charge is 0.229 e. The van der Waals surface area contributed by atoms with Crippen LogP contribution in [0.5, 0.6) is 0 Å². The van der Waals surface area contributed by atoms with Gasteiger partial charge in [0.2, 0.25) is 5.95 Å². The van der Waals surface area contributed by atoms with Crippen LogP contribution in [-0.2, 0) is 12.8 Å². The van der Waals surface area contributed by atoms with Gasteiger partial charge in [-0.25, -0.2) is 9.97 Å². The standard InChI is InChI=1S/C9H12N4S/c10-8(14)13-9-11-5-6-3-1-2-4-7(6)12-9/h5H,1-4H2,(H3,10,11,12,13,14). The molecule has 2 rings (SSSR count). The summed E-state index contributed by atoms with van der Waals surface area (Å²) in [5, 5.41) is 2.95. The van der Waals surface area contributed by atoms with Crippen molar-refractivity contribution in [2.75, 3.05) is 5.32 Å². The van der Waals surface area contributed by atoms with E-state index in [1.807, 2.05) is 6.20 Å². The Bertz CT molecular complexity index is 364. The average Bonchev–Trinajstić information content (AvgIpc) is 2.17. The number of nitrogens with zero attached hydrogens (tertiary/aromatic N) is 2. The van der Waals surface area contributed by atoms with Crippen molar-refractivity contribution >= 4 is 23.3 Å². The molecule has 0 fully saturated rings. The normalized spacial score (nSPS) is 14.6. The minimum atomic E-state index is 0.209. The minimum Gasteiger partial charge on any atom is -0.376 e. The lowest BCUT2D eigenvalue weighted by Gasteiger charge is -2.14. The van der Waals surface area contributed by atoms with Gasteiger partial charge in [-0.1, -0.05) is 0 Å². The monoisotopic (exact) mass is 208 g/mol. The van der Waals surface area contributed by atoms with Gasteiger partial charge in [-0.3, -0.25) is 0 Å². The molecule has 1 aromatic heterocycles. The summed E-state index contributed by atoms with van der Waals surface area (Å²) in [6.07, 6.45) is 6.42. The Morgan fingerprint density at radius 1 is 1.43 bits per heavy atom. The first-order chi connectivity index (χ1) is 6.75.